The largest absolute Gasteiger partial charge is 0.386 e. The van der Waals surface area contributed by atoms with Crippen molar-refractivity contribution < 1.29 is 18.3 Å². The zero-order chi connectivity index (χ0) is 14.7. The highest BCUT2D eigenvalue weighted by Crippen LogP contribution is 2.21. The van der Waals surface area contributed by atoms with E-state index in [1.807, 2.05) is 0 Å². The molecule has 0 aliphatic carbocycles. The van der Waals surface area contributed by atoms with Crippen LogP contribution in [-0.2, 0) is 0 Å². The fraction of sp³-hybridized carbons (Fsp3) is 0.200. The van der Waals surface area contributed by atoms with Crippen molar-refractivity contribution in [3.8, 4) is 0 Å². The minimum Gasteiger partial charge on any atom is -0.386 e. The Labute approximate surface area is 114 Å². The Morgan fingerprint density at radius 2 is 1.75 bits per heavy atom. The van der Waals surface area contributed by atoms with E-state index in [0.29, 0.717) is 11.3 Å². The molecule has 0 heterocycles. The van der Waals surface area contributed by atoms with Gasteiger partial charge < -0.3 is 10.4 Å². The Kier molecular flexibility index (Phi) is 4.29. The molecule has 0 aromatic heterocycles. The lowest BCUT2D eigenvalue weighted by Crippen LogP contribution is -2.15. The van der Waals surface area contributed by atoms with Crippen LogP contribution in [0.3, 0.4) is 0 Å². The molecule has 20 heavy (non-hydrogen) atoms. The summed E-state index contributed by atoms with van der Waals surface area (Å²) in [5, 5.41) is 12.6. The van der Waals surface area contributed by atoms with Crippen LogP contribution in [0.15, 0.2) is 36.4 Å². The molecule has 0 bridgehead atoms. The van der Waals surface area contributed by atoms with Gasteiger partial charge in [-0.2, -0.15) is 0 Å². The number of halogens is 3. The molecular weight excluding hydrogens is 267 g/mol. The molecule has 0 amide bonds. The van der Waals surface area contributed by atoms with Crippen LogP contribution in [-0.4, -0.2) is 11.7 Å². The molecule has 1 unspecified atom stereocenters. The van der Waals surface area contributed by atoms with Crippen molar-refractivity contribution in [2.24, 2.45) is 0 Å². The molecular formula is C15H14F3NO. The minimum atomic E-state index is -1.36. The van der Waals surface area contributed by atoms with Crippen molar-refractivity contribution in [2.75, 3.05) is 11.9 Å². The van der Waals surface area contributed by atoms with Gasteiger partial charge in [-0.3, -0.25) is 0 Å². The molecule has 0 radical (unpaired) electrons. The average molecular weight is 281 g/mol. The number of aryl methyl sites for hydroxylation is 1. The Balaban J connectivity index is 2.10. The molecule has 0 fully saturated rings. The van der Waals surface area contributed by atoms with E-state index in [1.165, 1.54) is 18.2 Å². The SMILES string of the molecule is Cc1cc(F)cc(NCC(O)c2c(F)cccc2F)c1. The van der Waals surface area contributed by atoms with Gasteiger partial charge in [0.25, 0.3) is 0 Å². The van der Waals surface area contributed by atoms with Crippen LogP contribution in [0.25, 0.3) is 0 Å². The summed E-state index contributed by atoms with van der Waals surface area (Å²) < 4.78 is 40.1. The predicted molar refractivity (Wildman–Crippen MR) is 70.9 cm³/mol. The normalized spacial score (nSPS) is 12.2. The Hall–Kier alpha value is -2.01. The fourth-order valence-electron chi connectivity index (χ4n) is 1.98. The smallest absolute Gasteiger partial charge is 0.132 e. The van der Waals surface area contributed by atoms with Crippen molar-refractivity contribution in [2.45, 2.75) is 13.0 Å². The molecule has 2 aromatic carbocycles. The van der Waals surface area contributed by atoms with E-state index in [9.17, 15) is 18.3 Å². The molecule has 2 aromatic rings. The third kappa shape index (κ3) is 3.30. The number of hydrogen-bond acceptors (Lipinski definition) is 2. The predicted octanol–water partition coefficient (Wildman–Crippen LogP) is 3.56. The first kappa shape index (κ1) is 14.4. The van der Waals surface area contributed by atoms with E-state index in [0.717, 1.165) is 12.1 Å². The Bertz CT molecular complexity index is 576. The van der Waals surface area contributed by atoms with Gasteiger partial charge in [0.05, 0.1) is 5.56 Å². The first-order valence-electron chi connectivity index (χ1n) is 6.10. The third-order valence-corrected chi connectivity index (χ3v) is 2.87. The van der Waals surface area contributed by atoms with Crippen molar-refractivity contribution >= 4 is 5.69 Å². The molecule has 2 nitrogen and oxygen atoms in total. The third-order valence-electron chi connectivity index (χ3n) is 2.87. The van der Waals surface area contributed by atoms with E-state index in [2.05, 4.69) is 5.32 Å². The number of rotatable bonds is 4. The maximum Gasteiger partial charge on any atom is 0.132 e. The quantitative estimate of drug-likeness (QED) is 0.898. The van der Waals surface area contributed by atoms with E-state index in [1.54, 1.807) is 13.0 Å². The van der Waals surface area contributed by atoms with Crippen LogP contribution in [0.2, 0.25) is 0 Å². The summed E-state index contributed by atoms with van der Waals surface area (Å²) in [6.07, 6.45) is -1.36. The van der Waals surface area contributed by atoms with E-state index in [-0.39, 0.29) is 6.54 Å². The monoisotopic (exact) mass is 281 g/mol. The molecule has 0 saturated carbocycles. The van der Waals surface area contributed by atoms with Gasteiger partial charge in [0.2, 0.25) is 0 Å². The maximum absolute atomic E-state index is 13.5. The van der Waals surface area contributed by atoms with Crippen LogP contribution >= 0.6 is 0 Å². The van der Waals surface area contributed by atoms with Crippen LogP contribution in [0.4, 0.5) is 18.9 Å². The zero-order valence-electron chi connectivity index (χ0n) is 10.8. The second-order valence-corrected chi connectivity index (χ2v) is 4.55. The summed E-state index contributed by atoms with van der Waals surface area (Å²) in [4.78, 5) is 0. The number of anilines is 1. The lowest BCUT2D eigenvalue weighted by molar-refractivity contribution is 0.181. The average Bonchev–Trinajstić information content (AvgIpc) is 2.35. The number of nitrogens with one attached hydrogen (secondary N) is 1. The van der Waals surface area contributed by atoms with Crippen LogP contribution in [0, 0.1) is 24.4 Å². The lowest BCUT2D eigenvalue weighted by Gasteiger charge is -2.15. The summed E-state index contributed by atoms with van der Waals surface area (Å²) in [6.45, 7) is 1.60. The van der Waals surface area contributed by atoms with Crippen LogP contribution < -0.4 is 5.32 Å². The maximum atomic E-state index is 13.5. The van der Waals surface area contributed by atoms with Crippen molar-refractivity contribution in [1.82, 2.24) is 0 Å². The van der Waals surface area contributed by atoms with Gasteiger partial charge >= 0.3 is 0 Å². The molecule has 0 aliphatic heterocycles. The second-order valence-electron chi connectivity index (χ2n) is 4.55. The Morgan fingerprint density at radius 1 is 1.10 bits per heavy atom. The highest BCUT2D eigenvalue weighted by molar-refractivity contribution is 5.46. The first-order valence-corrected chi connectivity index (χ1v) is 6.10. The van der Waals surface area contributed by atoms with E-state index in [4.69, 9.17) is 0 Å². The highest BCUT2D eigenvalue weighted by Gasteiger charge is 2.17. The fourth-order valence-corrected chi connectivity index (χ4v) is 1.98. The highest BCUT2D eigenvalue weighted by atomic mass is 19.1. The van der Waals surface area contributed by atoms with E-state index < -0.39 is 29.1 Å². The summed E-state index contributed by atoms with van der Waals surface area (Å²) in [7, 11) is 0. The molecule has 0 saturated heterocycles. The molecule has 5 heteroatoms. The topological polar surface area (TPSA) is 32.3 Å². The van der Waals surface area contributed by atoms with Crippen molar-refractivity contribution in [3.05, 3.63) is 65.0 Å². The van der Waals surface area contributed by atoms with E-state index >= 15 is 0 Å². The zero-order valence-corrected chi connectivity index (χ0v) is 10.8. The number of hydrogen-bond donors (Lipinski definition) is 2. The van der Waals surface area contributed by atoms with Gasteiger partial charge in [-0.1, -0.05) is 6.07 Å². The molecule has 1 atom stereocenters. The minimum absolute atomic E-state index is 0.124. The number of aliphatic hydroxyl groups excluding tert-OH is 1. The van der Waals surface area contributed by atoms with Gasteiger partial charge in [-0.15, -0.1) is 0 Å². The molecule has 0 aliphatic rings. The van der Waals surface area contributed by atoms with Gasteiger partial charge in [0.1, 0.15) is 23.6 Å². The van der Waals surface area contributed by atoms with Gasteiger partial charge in [-0.25, -0.2) is 13.2 Å². The van der Waals surface area contributed by atoms with Crippen molar-refractivity contribution in [1.29, 1.82) is 0 Å². The second kappa shape index (κ2) is 5.96. The summed E-state index contributed by atoms with van der Waals surface area (Å²) in [5.74, 6) is -2.04. The molecule has 0 spiro atoms. The molecule has 2 rings (SSSR count). The lowest BCUT2D eigenvalue weighted by atomic mass is 10.1. The summed E-state index contributed by atoms with van der Waals surface area (Å²) in [5.41, 5.74) is 0.755. The molecule has 106 valence electrons. The number of aliphatic hydroxyl groups is 1. The van der Waals surface area contributed by atoms with Gasteiger partial charge in [0, 0.05) is 12.2 Å². The van der Waals surface area contributed by atoms with Crippen molar-refractivity contribution in [3.63, 3.8) is 0 Å². The van der Waals surface area contributed by atoms with Gasteiger partial charge in [-0.05, 0) is 42.8 Å². The summed E-state index contributed by atoms with van der Waals surface area (Å²) in [6, 6.07) is 7.66. The molecule has 2 N–H and O–H groups in total. The summed E-state index contributed by atoms with van der Waals surface area (Å²) >= 11 is 0. The van der Waals surface area contributed by atoms with Crippen LogP contribution in [0.5, 0.6) is 0 Å². The first-order chi connectivity index (χ1) is 9.47. The Morgan fingerprint density at radius 3 is 2.35 bits per heavy atom. The standard InChI is InChI=1S/C15H14F3NO/c1-9-5-10(16)7-11(6-9)19-8-14(20)15-12(17)3-2-4-13(15)18/h2-7,14,19-20H,8H2,1H3. The number of benzene rings is 2. The van der Waals surface area contributed by atoms with Crippen LogP contribution in [0.1, 0.15) is 17.2 Å². The van der Waals surface area contributed by atoms with Gasteiger partial charge in [0.15, 0.2) is 0 Å².